The van der Waals surface area contributed by atoms with Crippen LogP contribution in [-0.2, 0) is 4.74 Å². The van der Waals surface area contributed by atoms with Gasteiger partial charge in [-0.25, -0.2) is 4.79 Å². The van der Waals surface area contributed by atoms with Crippen molar-refractivity contribution in [3.05, 3.63) is 5.89 Å². The Morgan fingerprint density at radius 2 is 1.74 bits per heavy atom. The number of carbonyl (C=O) groups is 1. The second-order valence-electron chi connectivity index (χ2n) is 6.25. The fourth-order valence-electron chi connectivity index (χ4n) is 4.56. The Labute approximate surface area is 110 Å². The van der Waals surface area contributed by atoms with Crippen molar-refractivity contribution in [3.63, 3.8) is 0 Å². The van der Waals surface area contributed by atoms with Crippen LogP contribution >= 0.6 is 0 Å². The van der Waals surface area contributed by atoms with Gasteiger partial charge in [0.05, 0.1) is 0 Å². The molecular formula is C13H17N3O3. The molecule has 0 saturated heterocycles. The summed E-state index contributed by atoms with van der Waals surface area (Å²) in [7, 11) is 0. The third kappa shape index (κ3) is 1.81. The van der Waals surface area contributed by atoms with Crippen LogP contribution in [0.1, 0.15) is 42.8 Å². The summed E-state index contributed by atoms with van der Waals surface area (Å²) in [6.07, 6.45) is 6.24. The van der Waals surface area contributed by atoms with E-state index in [0.29, 0.717) is 11.8 Å². The zero-order chi connectivity index (χ0) is 13.0. The molecular weight excluding hydrogens is 246 g/mol. The minimum atomic E-state index is -0.526. The van der Waals surface area contributed by atoms with Crippen LogP contribution in [0.5, 0.6) is 0 Å². The molecule has 1 aromatic heterocycles. The predicted octanol–water partition coefficient (Wildman–Crippen LogP) is 1.63. The highest BCUT2D eigenvalue weighted by Crippen LogP contribution is 2.54. The van der Waals surface area contributed by atoms with Gasteiger partial charge in [-0.3, -0.25) is 0 Å². The molecule has 0 spiro atoms. The van der Waals surface area contributed by atoms with Gasteiger partial charge in [-0.2, -0.15) is 0 Å². The van der Waals surface area contributed by atoms with Crippen molar-refractivity contribution in [2.24, 2.45) is 23.7 Å². The van der Waals surface area contributed by atoms with Gasteiger partial charge < -0.3 is 14.9 Å². The number of hydrogen-bond acceptors (Lipinski definition) is 6. The number of nitrogen functional groups attached to an aromatic ring is 1. The van der Waals surface area contributed by atoms with E-state index in [1.54, 1.807) is 0 Å². The van der Waals surface area contributed by atoms with E-state index in [2.05, 4.69) is 10.2 Å². The first kappa shape index (κ1) is 11.3. The maximum absolute atomic E-state index is 12.0. The van der Waals surface area contributed by atoms with Crippen molar-refractivity contribution < 1.29 is 13.9 Å². The molecule has 4 fully saturated rings. The second kappa shape index (κ2) is 3.95. The van der Waals surface area contributed by atoms with Crippen LogP contribution in [0, 0.1) is 23.7 Å². The first-order chi connectivity index (χ1) is 9.19. The number of aromatic nitrogens is 2. The largest absolute Gasteiger partial charge is 0.455 e. The standard InChI is InChI=1S/C13H17N3O3/c14-13-16-15-11(19-13)12(17)18-10-8-2-6-1-7(4-8)5-9(10)3-6/h6-10H,1-5H2,(H2,14,16). The lowest BCUT2D eigenvalue weighted by Gasteiger charge is -2.53. The summed E-state index contributed by atoms with van der Waals surface area (Å²) in [5.41, 5.74) is 5.32. The molecule has 0 aromatic carbocycles. The highest BCUT2D eigenvalue weighted by molar-refractivity contribution is 5.84. The molecule has 4 aliphatic carbocycles. The average molecular weight is 263 g/mol. The Morgan fingerprint density at radius 1 is 1.11 bits per heavy atom. The zero-order valence-electron chi connectivity index (χ0n) is 10.6. The minimum absolute atomic E-state index is 0.0356. The van der Waals surface area contributed by atoms with Gasteiger partial charge in [0.15, 0.2) is 0 Å². The number of nitrogens with zero attached hydrogens (tertiary/aromatic N) is 2. The molecule has 1 heterocycles. The fourth-order valence-corrected chi connectivity index (χ4v) is 4.56. The molecule has 0 atom stereocenters. The van der Waals surface area contributed by atoms with E-state index in [9.17, 15) is 4.79 Å². The lowest BCUT2D eigenvalue weighted by atomic mass is 9.55. The van der Waals surface area contributed by atoms with Crippen molar-refractivity contribution in [2.45, 2.75) is 38.2 Å². The Morgan fingerprint density at radius 3 is 2.26 bits per heavy atom. The molecule has 0 unspecified atom stereocenters. The van der Waals surface area contributed by atoms with E-state index in [1.165, 1.54) is 32.1 Å². The summed E-state index contributed by atoms with van der Waals surface area (Å²) in [6, 6.07) is -0.1000. The van der Waals surface area contributed by atoms with Gasteiger partial charge in [-0.15, -0.1) is 0 Å². The van der Waals surface area contributed by atoms with Gasteiger partial charge in [-0.05, 0) is 55.8 Å². The summed E-state index contributed by atoms with van der Waals surface area (Å²) in [6.45, 7) is 0. The number of esters is 1. The smallest absolute Gasteiger partial charge is 0.396 e. The van der Waals surface area contributed by atoms with Gasteiger partial charge in [0.2, 0.25) is 0 Å². The van der Waals surface area contributed by atoms with Gasteiger partial charge in [0.25, 0.3) is 0 Å². The molecule has 0 radical (unpaired) electrons. The van der Waals surface area contributed by atoms with Gasteiger partial charge in [-0.1, -0.05) is 10.2 Å². The lowest BCUT2D eigenvalue weighted by Crippen LogP contribution is -2.50. The molecule has 4 aliphatic rings. The average Bonchev–Trinajstić information content (AvgIpc) is 2.79. The first-order valence-corrected chi connectivity index (χ1v) is 6.99. The van der Waals surface area contributed by atoms with Crippen LogP contribution in [0.3, 0.4) is 0 Å². The quantitative estimate of drug-likeness (QED) is 0.815. The molecule has 0 aliphatic heterocycles. The van der Waals surface area contributed by atoms with Gasteiger partial charge in [0.1, 0.15) is 6.10 Å². The second-order valence-corrected chi connectivity index (χ2v) is 6.25. The number of anilines is 1. The number of nitrogens with two attached hydrogens (primary N) is 1. The Kier molecular flexibility index (Phi) is 2.34. The van der Waals surface area contributed by atoms with E-state index in [-0.39, 0.29) is 18.0 Å². The van der Waals surface area contributed by atoms with E-state index >= 15 is 0 Å². The Hall–Kier alpha value is -1.59. The molecule has 4 bridgehead atoms. The van der Waals surface area contributed by atoms with Crippen molar-refractivity contribution in [3.8, 4) is 0 Å². The highest BCUT2D eigenvalue weighted by Gasteiger charge is 2.50. The zero-order valence-corrected chi connectivity index (χ0v) is 10.6. The lowest BCUT2D eigenvalue weighted by molar-refractivity contribution is -0.102. The molecule has 0 amide bonds. The molecule has 1 aromatic rings. The molecule has 19 heavy (non-hydrogen) atoms. The number of rotatable bonds is 2. The van der Waals surface area contributed by atoms with E-state index in [0.717, 1.165) is 11.8 Å². The normalized spacial score (nSPS) is 39.5. The van der Waals surface area contributed by atoms with Crippen LogP contribution in [0.2, 0.25) is 0 Å². The fraction of sp³-hybridized carbons (Fsp3) is 0.769. The predicted molar refractivity (Wildman–Crippen MR) is 65.0 cm³/mol. The third-order valence-electron chi connectivity index (χ3n) is 5.00. The maximum atomic E-state index is 12.0. The number of hydrogen-bond donors (Lipinski definition) is 1. The van der Waals surface area contributed by atoms with Crippen LogP contribution in [-0.4, -0.2) is 22.3 Å². The van der Waals surface area contributed by atoms with Crippen molar-refractivity contribution >= 4 is 12.0 Å². The summed E-state index contributed by atoms with van der Waals surface area (Å²) in [5, 5.41) is 7.07. The maximum Gasteiger partial charge on any atom is 0.396 e. The highest BCUT2D eigenvalue weighted by atomic mass is 16.6. The Bertz CT molecular complexity index is 485. The van der Waals surface area contributed by atoms with E-state index in [4.69, 9.17) is 14.9 Å². The summed E-state index contributed by atoms with van der Waals surface area (Å²) < 4.78 is 10.6. The Balaban J connectivity index is 1.49. The molecule has 4 saturated carbocycles. The number of ether oxygens (including phenoxy) is 1. The van der Waals surface area contributed by atoms with Crippen LogP contribution < -0.4 is 5.73 Å². The topological polar surface area (TPSA) is 91.2 Å². The van der Waals surface area contributed by atoms with Gasteiger partial charge in [0, 0.05) is 0 Å². The molecule has 6 nitrogen and oxygen atoms in total. The van der Waals surface area contributed by atoms with Crippen LogP contribution in [0.25, 0.3) is 0 Å². The first-order valence-electron chi connectivity index (χ1n) is 6.99. The third-order valence-corrected chi connectivity index (χ3v) is 5.00. The van der Waals surface area contributed by atoms with Crippen molar-refractivity contribution in [1.82, 2.24) is 10.2 Å². The molecule has 102 valence electrons. The van der Waals surface area contributed by atoms with Gasteiger partial charge >= 0.3 is 17.9 Å². The summed E-state index contributed by atoms with van der Waals surface area (Å²) >= 11 is 0. The monoisotopic (exact) mass is 263 g/mol. The minimum Gasteiger partial charge on any atom is -0.455 e. The SMILES string of the molecule is Nc1nnc(C(=O)OC2C3CC4CC(C3)CC2C4)o1. The summed E-state index contributed by atoms with van der Waals surface area (Å²) in [4.78, 5) is 12.0. The van der Waals surface area contributed by atoms with Crippen LogP contribution in [0.15, 0.2) is 4.42 Å². The molecule has 2 N–H and O–H groups in total. The van der Waals surface area contributed by atoms with E-state index in [1.807, 2.05) is 0 Å². The molecule has 6 heteroatoms. The van der Waals surface area contributed by atoms with E-state index < -0.39 is 5.97 Å². The van der Waals surface area contributed by atoms with Crippen molar-refractivity contribution in [1.29, 1.82) is 0 Å². The summed E-state index contributed by atoms with van der Waals surface area (Å²) in [5.74, 6) is 2.11. The number of carbonyl (C=O) groups excluding carboxylic acids is 1. The molecule has 5 rings (SSSR count). The van der Waals surface area contributed by atoms with Crippen molar-refractivity contribution in [2.75, 3.05) is 5.73 Å². The van der Waals surface area contributed by atoms with Crippen LogP contribution in [0.4, 0.5) is 6.01 Å².